The van der Waals surface area contributed by atoms with Gasteiger partial charge in [-0.25, -0.2) is 0 Å². The Morgan fingerprint density at radius 1 is 0.850 bits per heavy atom. The molecule has 2 rings (SSSR count). The van der Waals surface area contributed by atoms with Crippen LogP contribution in [0.25, 0.3) is 11.1 Å². The number of hydrogen-bond acceptors (Lipinski definition) is 0. The lowest BCUT2D eigenvalue weighted by atomic mass is 10.0. The highest BCUT2D eigenvalue weighted by Gasteiger charge is 1.99. The molecule has 0 saturated carbocycles. The van der Waals surface area contributed by atoms with Crippen molar-refractivity contribution in [3.8, 4) is 11.1 Å². The van der Waals surface area contributed by atoms with Crippen molar-refractivity contribution in [1.82, 2.24) is 0 Å². The van der Waals surface area contributed by atoms with Gasteiger partial charge in [0.05, 0.1) is 0 Å². The Labute approximate surface area is 118 Å². The number of rotatable bonds is 5. The molecule has 0 aliphatic rings. The van der Waals surface area contributed by atoms with Gasteiger partial charge in [0.25, 0.3) is 6.08 Å². The Kier molecular flexibility index (Phi) is 5.05. The molecule has 0 nitrogen and oxygen atoms in total. The molecule has 0 bridgehead atoms. The van der Waals surface area contributed by atoms with Gasteiger partial charge in [-0.1, -0.05) is 55.5 Å². The molecule has 0 atom stereocenters. The summed E-state index contributed by atoms with van der Waals surface area (Å²) in [7, 11) is 0. The van der Waals surface area contributed by atoms with Crippen LogP contribution in [0.15, 0.2) is 60.7 Å². The summed E-state index contributed by atoms with van der Waals surface area (Å²) in [6, 6.07) is 16.6. The molecule has 0 unspecified atom stereocenters. The molecule has 2 heteroatoms. The van der Waals surface area contributed by atoms with Crippen LogP contribution in [0.3, 0.4) is 0 Å². The molecule has 0 aliphatic heterocycles. The third-order valence-electron chi connectivity index (χ3n) is 3.38. The quantitative estimate of drug-likeness (QED) is 0.661. The lowest BCUT2D eigenvalue weighted by molar-refractivity contribution is 0.417. The van der Waals surface area contributed by atoms with Crippen molar-refractivity contribution in [2.75, 3.05) is 0 Å². The minimum Gasteiger partial charge on any atom is -0.174 e. The van der Waals surface area contributed by atoms with E-state index in [0.29, 0.717) is 12.8 Å². The van der Waals surface area contributed by atoms with E-state index in [-0.39, 0.29) is 0 Å². The molecule has 0 amide bonds. The Hall–Kier alpha value is -1.96. The zero-order chi connectivity index (χ0) is 14.4. The maximum Gasteiger partial charge on any atom is 0.266 e. The van der Waals surface area contributed by atoms with Gasteiger partial charge in [-0.2, -0.15) is 8.78 Å². The topological polar surface area (TPSA) is 0 Å². The fourth-order valence-electron chi connectivity index (χ4n) is 2.14. The van der Waals surface area contributed by atoms with Crippen LogP contribution in [0.2, 0.25) is 0 Å². The van der Waals surface area contributed by atoms with E-state index in [1.165, 1.54) is 11.1 Å². The van der Waals surface area contributed by atoms with E-state index in [2.05, 4.69) is 31.2 Å². The Balaban J connectivity index is 2.05. The summed E-state index contributed by atoms with van der Waals surface area (Å²) >= 11 is 0. The number of aryl methyl sites for hydroxylation is 2. The first-order valence-corrected chi connectivity index (χ1v) is 6.88. The number of benzene rings is 2. The van der Waals surface area contributed by atoms with Crippen molar-refractivity contribution in [1.29, 1.82) is 0 Å². The van der Waals surface area contributed by atoms with Crippen LogP contribution in [0.5, 0.6) is 0 Å². The van der Waals surface area contributed by atoms with E-state index in [1.54, 1.807) is 0 Å². The largest absolute Gasteiger partial charge is 0.266 e. The third-order valence-corrected chi connectivity index (χ3v) is 3.38. The first-order chi connectivity index (χ1) is 9.69. The summed E-state index contributed by atoms with van der Waals surface area (Å²) in [4.78, 5) is 0. The Bertz CT molecular complexity index is 561. The van der Waals surface area contributed by atoms with Crippen molar-refractivity contribution < 1.29 is 8.78 Å². The smallest absolute Gasteiger partial charge is 0.174 e. The van der Waals surface area contributed by atoms with Crippen molar-refractivity contribution >= 4 is 0 Å². The Morgan fingerprint density at radius 2 is 1.35 bits per heavy atom. The second kappa shape index (κ2) is 6.99. The van der Waals surface area contributed by atoms with E-state index in [4.69, 9.17) is 0 Å². The standard InChI is InChI=1S/C18H18F2/c1-2-14-6-10-16(11-7-14)17-12-8-15(9-13-17)4-3-5-18(19)20/h5-13H,2-4H2,1H3. The van der Waals surface area contributed by atoms with E-state index >= 15 is 0 Å². The summed E-state index contributed by atoms with van der Waals surface area (Å²) in [6.45, 7) is 2.14. The van der Waals surface area contributed by atoms with Crippen LogP contribution >= 0.6 is 0 Å². The second-order valence-corrected chi connectivity index (χ2v) is 4.78. The van der Waals surface area contributed by atoms with Crippen LogP contribution in [-0.2, 0) is 12.8 Å². The van der Waals surface area contributed by atoms with E-state index < -0.39 is 6.08 Å². The molecular weight excluding hydrogens is 254 g/mol. The van der Waals surface area contributed by atoms with Gasteiger partial charge in [0.2, 0.25) is 0 Å². The Morgan fingerprint density at radius 3 is 1.80 bits per heavy atom. The van der Waals surface area contributed by atoms with Gasteiger partial charge < -0.3 is 0 Å². The van der Waals surface area contributed by atoms with Crippen LogP contribution < -0.4 is 0 Å². The maximum absolute atomic E-state index is 11.9. The predicted molar refractivity (Wildman–Crippen MR) is 79.9 cm³/mol. The molecule has 2 aromatic carbocycles. The SMILES string of the molecule is CCc1ccc(-c2ccc(CCC=C(F)F)cc2)cc1. The van der Waals surface area contributed by atoms with Crippen molar-refractivity contribution in [2.24, 2.45) is 0 Å². The van der Waals surface area contributed by atoms with E-state index in [9.17, 15) is 8.78 Å². The molecule has 0 aromatic heterocycles. The molecule has 0 fully saturated rings. The van der Waals surface area contributed by atoms with Crippen molar-refractivity contribution in [2.45, 2.75) is 26.2 Å². The van der Waals surface area contributed by atoms with Gasteiger partial charge in [-0.05, 0) is 47.6 Å². The third kappa shape index (κ3) is 4.02. The zero-order valence-electron chi connectivity index (χ0n) is 11.6. The molecule has 0 N–H and O–H groups in total. The molecule has 20 heavy (non-hydrogen) atoms. The minimum absolute atomic E-state index is 0.382. The van der Waals surface area contributed by atoms with Gasteiger partial charge in [0, 0.05) is 0 Å². The normalized spacial score (nSPS) is 10.3. The molecule has 2 aromatic rings. The summed E-state index contributed by atoms with van der Waals surface area (Å²) < 4.78 is 23.9. The van der Waals surface area contributed by atoms with Crippen LogP contribution in [-0.4, -0.2) is 0 Å². The fraction of sp³-hybridized carbons (Fsp3) is 0.222. The molecule has 104 valence electrons. The lowest BCUT2D eigenvalue weighted by Crippen LogP contribution is -1.85. The lowest BCUT2D eigenvalue weighted by Gasteiger charge is -2.05. The highest BCUT2D eigenvalue weighted by atomic mass is 19.3. The molecule has 0 heterocycles. The first-order valence-electron chi connectivity index (χ1n) is 6.88. The summed E-state index contributed by atoms with van der Waals surface area (Å²) in [5.74, 6) is 0. The summed E-state index contributed by atoms with van der Waals surface area (Å²) in [5.41, 5.74) is 4.74. The van der Waals surface area contributed by atoms with Gasteiger partial charge in [-0.15, -0.1) is 0 Å². The summed E-state index contributed by atoms with van der Waals surface area (Å²) in [6.07, 6.45) is 1.44. The van der Waals surface area contributed by atoms with Gasteiger partial charge >= 0.3 is 0 Å². The molecule has 0 radical (unpaired) electrons. The predicted octanol–water partition coefficient (Wildman–Crippen LogP) is 5.63. The van der Waals surface area contributed by atoms with Gasteiger partial charge in [-0.3, -0.25) is 0 Å². The van der Waals surface area contributed by atoms with Gasteiger partial charge in [0.15, 0.2) is 0 Å². The van der Waals surface area contributed by atoms with Crippen LogP contribution in [0.1, 0.15) is 24.5 Å². The number of halogens is 2. The first kappa shape index (κ1) is 14.4. The molecular formula is C18H18F2. The summed E-state index contributed by atoms with van der Waals surface area (Å²) in [5, 5.41) is 0. The average molecular weight is 272 g/mol. The molecule has 0 saturated heterocycles. The van der Waals surface area contributed by atoms with Crippen LogP contribution in [0, 0.1) is 0 Å². The van der Waals surface area contributed by atoms with Crippen LogP contribution in [0.4, 0.5) is 8.78 Å². The second-order valence-electron chi connectivity index (χ2n) is 4.78. The maximum atomic E-state index is 11.9. The monoisotopic (exact) mass is 272 g/mol. The van der Waals surface area contributed by atoms with E-state index in [1.807, 2.05) is 24.3 Å². The molecule has 0 spiro atoms. The highest BCUT2D eigenvalue weighted by Crippen LogP contribution is 2.21. The fourth-order valence-corrected chi connectivity index (χ4v) is 2.14. The minimum atomic E-state index is -1.60. The van der Waals surface area contributed by atoms with E-state index in [0.717, 1.165) is 23.6 Å². The molecule has 0 aliphatic carbocycles. The van der Waals surface area contributed by atoms with Crippen molar-refractivity contribution in [3.63, 3.8) is 0 Å². The van der Waals surface area contributed by atoms with Crippen molar-refractivity contribution in [3.05, 3.63) is 71.8 Å². The highest BCUT2D eigenvalue weighted by molar-refractivity contribution is 5.63. The van der Waals surface area contributed by atoms with Gasteiger partial charge in [0.1, 0.15) is 0 Å². The zero-order valence-corrected chi connectivity index (χ0v) is 11.6. The number of allylic oxidation sites excluding steroid dienone is 1. The average Bonchev–Trinajstić information content (AvgIpc) is 2.48. The number of hydrogen-bond donors (Lipinski definition) is 0.